The van der Waals surface area contributed by atoms with E-state index in [-0.39, 0.29) is 27.6 Å². The van der Waals surface area contributed by atoms with E-state index in [1.807, 2.05) is 0 Å². The Labute approximate surface area is 176 Å². The molecule has 0 unspecified atom stereocenters. The first kappa shape index (κ1) is 21.1. The predicted molar refractivity (Wildman–Crippen MR) is 113 cm³/mol. The highest BCUT2D eigenvalue weighted by molar-refractivity contribution is 7.93. The Morgan fingerprint density at radius 3 is 2.25 bits per heavy atom. The highest BCUT2D eigenvalue weighted by atomic mass is 35.5. The van der Waals surface area contributed by atoms with E-state index in [1.54, 1.807) is 31.2 Å². The highest BCUT2D eigenvalue weighted by Crippen LogP contribution is 2.38. The summed E-state index contributed by atoms with van der Waals surface area (Å²) < 4.78 is 38.8. The van der Waals surface area contributed by atoms with Gasteiger partial charge in [-0.2, -0.15) is 0 Å². The molecule has 28 heavy (non-hydrogen) atoms. The summed E-state index contributed by atoms with van der Waals surface area (Å²) >= 11 is 12.4. The molecule has 0 amide bonds. The molecule has 1 fully saturated rings. The smallest absolute Gasteiger partial charge is 0.265 e. The molecule has 0 N–H and O–H groups in total. The molecule has 0 radical (unpaired) electrons. The van der Waals surface area contributed by atoms with Crippen molar-refractivity contribution >= 4 is 38.9 Å². The minimum Gasteiger partial charge on any atom is -0.495 e. The zero-order valence-corrected chi connectivity index (χ0v) is 18.1. The van der Waals surface area contributed by atoms with E-state index in [4.69, 9.17) is 32.7 Å². The molecule has 0 aliphatic heterocycles. The predicted octanol–water partition coefficient (Wildman–Crippen LogP) is 5.54. The SMILES string of the molecule is CCN(c1ccc(OC2CCCC2)cc1)S(=O)(=O)c1ccc(OC)c(Cl)c1Cl. The van der Waals surface area contributed by atoms with Gasteiger partial charge < -0.3 is 9.47 Å². The van der Waals surface area contributed by atoms with Crippen LogP contribution in [0.3, 0.4) is 0 Å². The molecule has 1 saturated carbocycles. The highest BCUT2D eigenvalue weighted by Gasteiger charge is 2.28. The van der Waals surface area contributed by atoms with Gasteiger partial charge in [0.1, 0.15) is 21.4 Å². The van der Waals surface area contributed by atoms with Crippen molar-refractivity contribution in [3.05, 3.63) is 46.4 Å². The lowest BCUT2D eigenvalue weighted by Gasteiger charge is -2.24. The molecule has 0 bridgehead atoms. The number of hydrogen-bond acceptors (Lipinski definition) is 4. The first-order valence-corrected chi connectivity index (χ1v) is 11.4. The molecule has 5 nitrogen and oxygen atoms in total. The van der Waals surface area contributed by atoms with Gasteiger partial charge in [-0.05, 0) is 69.0 Å². The second-order valence-electron chi connectivity index (χ2n) is 6.58. The molecule has 1 aliphatic rings. The average molecular weight is 444 g/mol. The molecule has 2 aromatic carbocycles. The largest absolute Gasteiger partial charge is 0.495 e. The molecule has 0 heterocycles. The van der Waals surface area contributed by atoms with E-state index >= 15 is 0 Å². The molecule has 1 aliphatic carbocycles. The minimum absolute atomic E-state index is 0.0550. The lowest BCUT2D eigenvalue weighted by Crippen LogP contribution is -2.31. The summed E-state index contributed by atoms with van der Waals surface area (Å²) in [5.74, 6) is 1.07. The fourth-order valence-corrected chi connectivity index (χ4v) is 5.66. The Hall–Kier alpha value is -1.63. The van der Waals surface area contributed by atoms with Crippen LogP contribution in [0.1, 0.15) is 32.6 Å². The topological polar surface area (TPSA) is 55.8 Å². The molecule has 8 heteroatoms. The quantitative estimate of drug-likeness (QED) is 0.563. The molecule has 3 rings (SSSR count). The van der Waals surface area contributed by atoms with E-state index in [2.05, 4.69) is 0 Å². The summed E-state index contributed by atoms with van der Waals surface area (Å²) in [4.78, 5) is -0.0619. The van der Waals surface area contributed by atoms with E-state index in [9.17, 15) is 8.42 Å². The first-order valence-electron chi connectivity index (χ1n) is 9.20. The molecule has 0 spiro atoms. The van der Waals surface area contributed by atoms with Crippen LogP contribution in [-0.4, -0.2) is 28.2 Å². The molecule has 0 saturated heterocycles. The van der Waals surface area contributed by atoms with Gasteiger partial charge in [-0.15, -0.1) is 0 Å². The summed E-state index contributed by atoms with van der Waals surface area (Å²) in [6.07, 6.45) is 4.75. The number of anilines is 1. The maximum atomic E-state index is 13.2. The van der Waals surface area contributed by atoms with Crippen molar-refractivity contribution in [1.82, 2.24) is 0 Å². The Morgan fingerprint density at radius 1 is 1.04 bits per heavy atom. The normalized spacial score (nSPS) is 14.9. The zero-order valence-electron chi connectivity index (χ0n) is 15.8. The van der Waals surface area contributed by atoms with Crippen molar-refractivity contribution in [3.8, 4) is 11.5 Å². The van der Waals surface area contributed by atoms with Gasteiger partial charge in [0, 0.05) is 6.54 Å². The number of benzene rings is 2. The van der Waals surface area contributed by atoms with Crippen LogP contribution >= 0.6 is 23.2 Å². The molecule has 0 atom stereocenters. The Kier molecular flexibility index (Phi) is 6.63. The average Bonchev–Trinajstić information content (AvgIpc) is 3.18. The van der Waals surface area contributed by atoms with Crippen LogP contribution in [0.25, 0.3) is 0 Å². The third-order valence-electron chi connectivity index (χ3n) is 4.82. The number of ether oxygens (including phenoxy) is 2. The van der Waals surface area contributed by atoms with Crippen molar-refractivity contribution in [2.24, 2.45) is 0 Å². The summed E-state index contributed by atoms with van der Waals surface area (Å²) in [5, 5.41) is 0.0160. The third-order valence-corrected chi connectivity index (χ3v) is 7.74. The molecule has 152 valence electrons. The van der Waals surface area contributed by atoms with Crippen molar-refractivity contribution in [2.75, 3.05) is 18.0 Å². The number of rotatable bonds is 7. The maximum Gasteiger partial charge on any atom is 0.265 e. The standard InChI is InChI=1S/C20H23Cl2NO4S/c1-3-23(14-8-10-16(11-9-14)27-15-6-4-5-7-15)28(24,25)18-13-12-17(26-2)19(21)20(18)22/h8-13,15H,3-7H2,1-2H3. The van der Waals surface area contributed by atoms with Gasteiger partial charge in [0.2, 0.25) is 0 Å². The van der Waals surface area contributed by atoms with E-state index in [0.29, 0.717) is 11.4 Å². The summed E-state index contributed by atoms with van der Waals surface area (Å²) in [6.45, 7) is 2.00. The lowest BCUT2D eigenvalue weighted by atomic mass is 10.2. The Bertz CT molecular complexity index is 926. The Balaban J connectivity index is 1.88. The van der Waals surface area contributed by atoms with Crippen LogP contribution in [0, 0.1) is 0 Å². The Morgan fingerprint density at radius 2 is 1.68 bits per heavy atom. The van der Waals surface area contributed by atoms with Gasteiger partial charge in [0.15, 0.2) is 0 Å². The van der Waals surface area contributed by atoms with Gasteiger partial charge in [0.05, 0.1) is 23.9 Å². The second-order valence-corrected chi connectivity index (χ2v) is 9.17. The number of nitrogens with zero attached hydrogens (tertiary/aromatic N) is 1. The van der Waals surface area contributed by atoms with Gasteiger partial charge >= 0.3 is 0 Å². The van der Waals surface area contributed by atoms with Gasteiger partial charge in [-0.1, -0.05) is 23.2 Å². The number of hydrogen-bond donors (Lipinski definition) is 0. The van der Waals surface area contributed by atoms with E-state index in [1.165, 1.54) is 36.4 Å². The van der Waals surface area contributed by atoms with E-state index in [0.717, 1.165) is 18.6 Å². The second kappa shape index (κ2) is 8.80. The number of methoxy groups -OCH3 is 1. The summed E-state index contributed by atoms with van der Waals surface area (Å²) in [5.41, 5.74) is 0.532. The molecular formula is C20H23Cl2NO4S. The van der Waals surface area contributed by atoms with Crippen LogP contribution in [0.4, 0.5) is 5.69 Å². The summed E-state index contributed by atoms with van der Waals surface area (Å²) in [6, 6.07) is 9.98. The van der Waals surface area contributed by atoms with Crippen molar-refractivity contribution < 1.29 is 17.9 Å². The third kappa shape index (κ3) is 4.19. The first-order chi connectivity index (χ1) is 13.4. The minimum atomic E-state index is -3.90. The van der Waals surface area contributed by atoms with Gasteiger partial charge in [-0.3, -0.25) is 4.31 Å². The molecule has 0 aromatic heterocycles. The van der Waals surface area contributed by atoms with Crippen LogP contribution in [-0.2, 0) is 10.0 Å². The lowest BCUT2D eigenvalue weighted by molar-refractivity contribution is 0.210. The molecule has 2 aromatic rings. The van der Waals surface area contributed by atoms with Crippen LogP contribution in [0.15, 0.2) is 41.3 Å². The van der Waals surface area contributed by atoms with Crippen LogP contribution in [0.2, 0.25) is 10.0 Å². The number of sulfonamides is 1. The van der Waals surface area contributed by atoms with Crippen molar-refractivity contribution in [2.45, 2.75) is 43.6 Å². The van der Waals surface area contributed by atoms with Gasteiger partial charge in [0.25, 0.3) is 10.0 Å². The van der Waals surface area contributed by atoms with Crippen LogP contribution in [0.5, 0.6) is 11.5 Å². The van der Waals surface area contributed by atoms with Gasteiger partial charge in [-0.25, -0.2) is 8.42 Å². The maximum absolute atomic E-state index is 13.2. The zero-order chi connectivity index (χ0) is 20.3. The van der Waals surface area contributed by atoms with Crippen molar-refractivity contribution in [3.63, 3.8) is 0 Å². The van der Waals surface area contributed by atoms with Crippen LogP contribution < -0.4 is 13.8 Å². The van der Waals surface area contributed by atoms with Crippen molar-refractivity contribution in [1.29, 1.82) is 0 Å². The molecular weight excluding hydrogens is 421 g/mol. The monoisotopic (exact) mass is 443 g/mol. The van der Waals surface area contributed by atoms with E-state index < -0.39 is 10.0 Å². The fraction of sp³-hybridized carbons (Fsp3) is 0.400. The fourth-order valence-electron chi connectivity index (χ4n) is 3.37. The summed E-state index contributed by atoms with van der Waals surface area (Å²) in [7, 11) is -2.45. The number of halogens is 2.